The lowest BCUT2D eigenvalue weighted by atomic mass is 10.1. The van der Waals surface area contributed by atoms with E-state index in [4.69, 9.17) is 9.47 Å². The number of pyridine rings is 1. The number of methoxy groups -OCH3 is 2. The first-order chi connectivity index (χ1) is 13.0. The number of ether oxygens (including phenoxy) is 2. The largest absolute Gasteiger partial charge is 0.495 e. The standard InChI is InChI=1S/C21H20N2O4.CH4/c1-13-14(21(25)15-7-6-10-18(27-3)20(15)22-13)11-12-19(24)23-16-8-4-5-9-17(16)26-2;/h4-12H,1-3H3,(H,22,25)(H,23,24);1H4/b12-11+;. The Morgan fingerprint density at radius 1 is 1.04 bits per heavy atom. The van der Waals surface area contributed by atoms with Gasteiger partial charge in [0.05, 0.1) is 25.4 Å². The molecule has 146 valence electrons. The van der Waals surface area contributed by atoms with Gasteiger partial charge in [-0.2, -0.15) is 0 Å². The second-order valence-corrected chi connectivity index (χ2v) is 5.90. The molecule has 0 bridgehead atoms. The van der Waals surface area contributed by atoms with Crippen molar-refractivity contribution in [2.75, 3.05) is 19.5 Å². The maximum atomic E-state index is 12.8. The van der Waals surface area contributed by atoms with Crippen molar-refractivity contribution in [3.63, 3.8) is 0 Å². The van der Waals surface area contributed by atoms with Crippen LogP contribution in [0.1, 0.15) is 18.7 Å². The molecule has 2 N–H and O–H groups in total. The van der Waals surface area contributed by atoms with E-state index in [1.54, 1.807) is 50.4 Å². The summed E-state index contributed by atoms with van der Waals surface area (Å²) in [6.07, 6.45) is 2.84. The highest BCUT2D eigenvalue weighted by Crippen LogP contribution is 2.24. The van der Waals surface area contributed by atoms with Crippen molar-refractivity contribution in [1.29, 1.82) is 0 Å². The van der Waals surface area contributed by atoms with E-state index in [9.17, 15) is 9.59 Å². The van der Waals surface area contributed by atoms with Crippen LogP contribution in [-0.4, -0.2) is 25.1 Å². The Balaban J connectivity index is 0.00000280. The zero-order valence-corrected chi connectivity index (χ0v) is 15.3. The molecule has 0 atom stereocenters. The summed E-state index contributed by atoms with van der Waals surface area (Å²) < 4.78 is 10.5. The van der Waals surface area contributed by atoms with E-state index in [1.807, 2.05) is 6.07 Å². The molecule has 1 heterocycles. The number of H-pyrrole nitrogens is 1. The fraction of sp³-hybridized carbons (Fsp3) is 0.182. The zero-order valence-electron chi connectivity index (χ0n) is 15.3. The minimum atomic E-state index is -0.357. The number of benzene rings is 2. The summed E-state index contributed by atoms with van der Waals surface area (Å²) in [5.41, 5.74) is 2.10. The van der Waals surface area contributed by atoms with Crippen molar-refractivity contribution in [2.24, 2.45) is 0 Å². The summed E-state index contributed by atoms with van der Waals surface area (Å²) >= 11 is 0. The molecule has 0 unspecified atom stereocenters. The summed E-state index contributed by atoms with van der Waals surface area (Å²) in [6, 6.07) is 12.4. The summed E-state index contributed by atoms with van der Waals surface area (Å²) in [5.74, 6) is 0.798. The number of hydrogen-bond acceptors (Lipinski definition) is 4. The number of anilines is 1. The van der Waals surface area contributed by atoms with Crippen LogP contribution in [0.15, 0.2) is 53.3 Å². The van der Waals surface area contributed by atoms with Crippen LogP contribution in [0.3, 0.4) is 0 Å². The molecule has 0 aliphatic carbocycles. The number of rotatable bonds is 5. The van der Waals surface area contributed by atoms with Gasteiger partial charge in [0, 0.05) is 22.7 Å². The first-order valence-corrected chi connectivity index (χ1v) is 8.37. The average Bonchev–Trinajstić information content (AvgIpc) is 2.67. The summed E-state index contributed by atoms with van der Waals surface area (Å²) in [6.45, 7) is 1.78. The fourth-order valence-electron chi connectivity index (χ4n) is 2.87. The Morgan fingerprint density at radius 3 is 2.43 bits per heavy atom. The van der Waals surface area contributed by atoms with Gasteiger partial charge in [-0.3, -0.25) is 9.59 Å². The van der Waals surface area contributed by atoms with E-state index in [1.165, 1.54) is 19.3 Å². The normalized spacial score (nSPS) is 10.5. The molecule has 0 spiro atoms. The molecule has 28 heavy (non-hydrogen) atoms. The van der Waals surface area contributed by atoms with Crippen LogP contribution in [-0.2, 0) is 4.79 Å². The van der Waals surface area contributed by atoms with Crippen LogP contribution < -0.4 is 20.2 Å². The SMILES string of the molecule is C.COc1ccccc1NC(=O)/C=C/c1c(C)[nH]c2c(OC)cccc2c1=O. The first-order valence-electron chi connectivity index (χ1n) is 8.37. The Bertz CT molecular complexity index is 1080. The predicted octanol–water partition coefficient (Wildman–Crippen LogP) is 4.14. The summed E-state index contributed by atoms with van der Waals surface area (Å²) in [5, 5.41) is 3.25. The lowest BCUT2D eigenvalue weighted by Crippen LogP contribution is -2.12. The lowest BCUT2D eigenvalue weighted by molar-refractivity contribution is -0.111. The number of carbonyl (C=O) groups is 1. The van der Waals surface area contributed by atoms with Gasteiger partial charge in [0.15, 0.2) is 5.43 Å². The summed E-state index contributed by atoms with van der Waals surface area (Å²) in [7, 11) is 3.09. The van der Waals surface area contributed by atoms with Gasteiger partial charge < -0.3 is 19.8 Å². The van der Waals surface area contributed by atoms with Crippen molar-refractivity contribution in [1.82, 2.24) is 4.98 Å². The van der Waals surface area contributed by atoms with Crippen molar-refractivity contribution in [3.8, 4) is 11.5 Å². The third kappa shape index (κ3) is 4.06. The van der Waals surface area contributed by atoms with Crippen LogP contribution in [0.2, 0.25) is 0 Å². The molecular formula is C22H24N2O4. The van der Waals surface area contributed by atoms with Gasteiger partial charge in [0.25, 0.3) is 0 Å². The summed E-state index contributed by atoms with van der Waals surface area (Å²) in [4.78, 5) is 28.2. The Kier molecular flexibility index (Phi) is 6.60. The Morgan fingerprint density at radius 2 is 1.71 bits per heavy atom. The highest BCUT2D eigenvalue weighted by atomic mass is 16.5. The third-order valence-corrected chi connectivity index (χ3v) is 4.22. The van der Waals surface area contributed by atoms with Gasteiger partial charge in [-0.05, 0) is 37.3 Å². The topological polar surface area (TPSA) is 80.4 Å². The first kappa shape index (κ1) is 20.8. The highest BCUT2D eigenvalue weighted by molar-refractivity contribution is 6.03. The van der Waals surface area contributed by atoms with Crippen LogP contribution in [0.5, 0.6) is 11.5 Å². The fourth-order valence-corrected chi connectivity index (χ4v) is 2.87. The molecule has 2 aromatic carbocycles. The molecule has 0 saturated carbocycles. The smallest absolute Gasteiger partial charge is 0.248 e. The molecule has 0 aliphatic rings. The number of para-hydroxylation sites is 3. The van der Waals surface area contributed by atoms with Crippen LogP contribution in [0.4, 0.5) is 5.69 Å². The minimum Gasteiger partial charge on any atom is -0.495 e. The molecule has 6 heteroatoms. The number of carbonyl (C=O) groups excluding carboxylic acids is 1. The molecular weight excluding hydrogens is 356 g/mol. The predicted molar refractivity (Wildman–Crippen MR) is 113 cm³/mol. The van der Waals surface area contributed by atoms with E-state index in [2.05, 4.69) is 10.3 Å². The number of aryl methyl sites for hydroxylation is 1. The van der Waals surface area contributed by atoms with Gasteiger partial charge in [0.1, 0.15) is 11.5 Å². The maximum absolute atomic E-state index is 12.8. The molecule has 0 aliphatic heterocycles. The van der Waals surface area contributed by atoms with Crippen molar-refractivity contribution in [3.05, 3.63) is 70.0 Å². The monoisotopic (exact) mass is 380 g/mol. The van der Waals surface area contributed by atoms with E-state index in [-0.39, 0.29) is 18.8 Å². The van der Waals surface area contributed by atoms with Gasteiger partial charge in [-0.1, -0.05) is 25.6 Å². The van der Waals surface area contributed by atoms with Crippen LogP contribution in [0.25, 0.3) is 17.0 Å². The molecule has 0 saturated heterocycles. The number of hydrogen-bond donors (Lipinski definition) is 2. The van der Waals surface area contributed by atoms with Crippen molar-refractivity contribution < 1.29 is 14.3 Å². The lowest BCUT2D eigenvalue weighted by Gasteiger charge is -2.09. The molecule has 3 aromatic rings. The third-order valence-electron chi connectivity index (χ3n) is 4.22. The molecule has 1 aromatic heterocycles. The van der Waals surface area contributed by atoms with E-state index in [0.29, 0.717) is 39.3 Å². The molecule has 6 nitrogen and oxygen atoms in total. The molecule has 0 radical (unpaired) electrons. The Hall–Kier alpha value is -3.54. The number of aromatic amines is 1. The van der Waals surface area contributed by atoms with E-state index in [0.717, 1.165) is 0 Å². The maximum Gasteiger partial charge on any atom is 0.248 e. The van der Waals surface area contributed by atoms with E-state index >= 15 is 0 Å². The minimum absolute atomic E-state index is 0. The van der Waals surface area contributed by atoms with Gasteiger partial charge in [-0.25, -0.2) is 0 Å². The number of aromatic nitrogens is 1. The average molecular weight is 380 g/mol. The van der Waals surface area contributed by atoms with Gasteiger partial charge in [0.2, 0.25) is 5.91 Å². The van der Waals surface area contributed by atoms with E-state index < -0.39 is 0 Å². The van der Waals surface area contributed by atoms with Crippen molar-refractivity contribution >= 4 is 28.6 Å². The Labute approximate surface area is 163 Å². The quantitative estimate of drug-likeness (QED) is 0.652. The number of amides is 1. The zero-order chi connectivity index (χ0) is 19.4. The second-order valence-electron chi connectivity index (χ2n) is 5.90. The van der Waals surface area contributed by atoms with Crippen LogP contribution in [0, 0.1) is 6.92 Å². The van der Waals surface area contributed by atoms with Gasteiger partial charge >= 0.3 is 0 Å². The molecule has 0 fully saturated rings. The number of fused-ring (bicyclic) bond motifs is 1. The van der Waals surface area contributed by atoms with Crippen LogP contribution >= 0.6 is 0 Å². The highest BCUT2D eigenvalue weighted by Gasteiger charge is 2.11. The van der Waals surface area contributed by atoms with Crippen molar-refractivity contribution in [2.45, 2.75) is 14.4 Å². The molecule has 3 rings (SSSR count). The van der Waals surface area contributed by atoms with Gasteiger partial charge in [-0.15, -0.1) is 0 Å². The second kappa shape index (κ2) is 8.90. The molecule has 1 amide bonds. The number of nitrogens with one attached hydrogen (secondary N) is 2.